The average molecular weight is 308 g/mol. The normalized spacial score (nSPS) is 21.7. The van der Waals surface area contributed by atoms with Crippen molar-refractivity contribution in [3.05, 3.63) is 29.5 Å². The molecule has 2 N–H and O–H groups in total. The Balaban J connectivity index is 1.83. The van der Waals surface area contributed by atoms with Crippen molar-refractivity contribution >= 4 is 23.2 Å². The summed E-state index contributed by atoms with van der Waals surface area (Å²) in [6.07, 6.45) is 0.726. The number of hydrogen-bond acceptors (Lipinski definition) is 6. The number of aliphatic hydroxyl groups excluding tert-OH is 1. The maximum absolute atomic E-state index is 12.4. The number of hydrogen-bond donors (Lipinski definition) is 2. The third-order valence-corrected chi connectivity index (χ3v) is 4.14. The molecule has 3 rings (SSSR count). The van der Waals surface area contributed by atoms with Gasteiger partial charge < -0.3 is 19.5 Å². The van der Waals surface area contributed by atoms with E-state index in [1.165, 1.54) is 17.6 Å². The van der Waals surface area contributed by atoms with Crippen LogP contribution in [0.4, 0.5) is 0 Å². The van der Waals surface area contributed by atoms with Crippen molar-refractivity contribution in [3.8, 4) is 10.8 Å². The molecule has 0 radical (unpaired) electrons. The third-order valence-electron chi connectivity index (χ3n) is 3.28. The molecule has 7 nitrogen and oxygen atoms in total. The number of rotatable bonds is 3. The minimum Gasteiger partial charge on any atom is -0.480 e. The summed E-state index contributed by atoms with van der Waals surface area (Å²) in [5, 5.41) is 20.8. The van der Waals surface area contributed by atoms with Crippen LogP contribution in [0, 0.1) is 0 Å². The zero-order chi connectivity index (χ0) is 15.0. The molecule has 1 aliphatic rings. The molecule has 0 saturated carbocycles. The molecule has 0 bridgehead atoms. The summed E-state index contributed by atoms with van der Waals surface area (Å²) in [5.74, 6) is -1.07. The van der Waals surface area contributed by atoms with E-state index in [1.54, 1.807) is 17.5 Å². The van der Waals surface area contributed by atoms with Crippen molar-refractivity contribution in [1.82, 2.24) is 9.88 Å². The predicted molar refractivity (Wildman–Crippen MR) is 72.9 cm³/mol. The second kappa shape index (κ2) is 5.30. The molecule has 1 amide bonds. The summed E-state index contributed by atoms with van der Waals surface area (Å²) in [6, 6.07) is 2.43. The van der Waals surface area contributed by atoms with Gasteiger partial charge in [0.1, 0.15) is 11.7 Å². The van der Waals surface area contributed by atoms with Gasteiger partial charge >= 0.3 is 5.97 Å². The number of carbonyl (C=O) groups excluding carboxylic acids is 1. The van der Waals surface area contributed by atoms with Gasteiger partial charge in [-0.3, -0.25) is 4.79 Å². The minimum absolute atomic E-state index is 0.00338. The van der Waals surface area contributed by atoms with Gasteiger partial charge in [0.15, 0.2) is 10.8 Å². The highest BCUT2D eigenvalue weighted by atomic mass is 32.1. The predicted octanol–water partition coefficient (Wildman–Crippen LogP) is 1.06. The topological polar surface area (TPSA) is 104 Å². The van der Waals surface area contributed by atoms with Crippen molar-refractivity contribution < 1.29 is 24.2 Å². The first-order chi connectivity index (χ1) is 10.1. The van der Waals surface area contributed by atoms with Crippen LogP contribution in [0.15, 0.2) is 28.2 Å². The Morgan fingerprint density at radius 3 is 2.95 bits per heavy atom. The number of aliphatic carboxylic acids is 1. The molecule has 0 unspecified atom stereocenters. The molecule has 2 aromatic heterocycles. The third kappa shape index (κ3) is 2.55. The van der Waals surface area contributed by atoms with Crippen LogP contribution in [0.1, 0.15) is 16.9 Å². The Morgan fingerprint density at radius 1 is 1.48 bits per heavy atom. The van der Waals surface area contributed by atoms with Gasteiger partial charge in [-0.2, -0.15) is 0 Å². The number of amides is 1. The van der Waals surface area contributed by atoms with Crippen LogP contribution in [0.3, 0.4) is 0 Å². The van der Waals surface area contributed by atoms with Crippen LogP contribution >= 0.6 is 11.3 Å². The first-order valence-corrected chi connectivity index (χ1v) is 7.15. The number of carboxylic acids is 1. The maximum atomic E-state index is 12.4. The lowest BCUT2D eigenvalue weighted by atomic mass is 10.2. The number of aromatic nitrogens is 1. The maximum Gasteiger partial charge on any atom is 0.326 e. The highest BCUT2D eigenvalue weighted by molar-refractivity contribution is 7.13. The molecule has 2 aromatic rings. The number of nitrogens with zero attached hydrogens (tertiary/aromatic N) is 2. The fourth-order valence-corrected chi connectivity index (χ4v) is 3.07. The summed E-state index contributed by atoms with van der Waals surface area (Å²) in [4.78, 5) is 28.8. The lowest BCUT2D eigenvalue weighted by Gasteiger charge is -2.19. The Labute approximate surface area is 123 Å². The van der Waals surface area contributed by atoms with Crippen LogP contribution in [-0.2, 0) is 4.79 Å². The van der Waals surface area contributed by atoms with Crippen LogP contribution < -0.4 is 0 Å². The molecule has 1 aliphatic heterocycles. The van der Waals surface area contributed by atoms with Crippen molar-refractivity contribution in [2.45, 2.75) is 18.6 Å². The zero-order valence-electron chi connectivity index (χ0n) is 10.8. The van der Waals surface area contributed by atoms with Gasteiger partial charge in [-0.1, -0.05) is 0 Å². The van der Waals surface area contributed by atoms with Crippen molar-refractivity contribution in [2.24, 2.45) is 0 Å². The summed E-state index contributed by atoms with van der Waals surface area (Å²) >= 11 is 1.24. The second-order valence-corrected chi connectivity index (χ2v) is 5.57. The number of likely N-dealkylation sites (tertiary alicyclic amines) is 1. The van der Waals surface area contributed by atoms with Gasteiger partial charge in [-0.05, 0) is 12.1 Å². The number of carbonyl (C=O) groups is 2. The number of furan rings is 1. The molecular formula is C13H12N2O5S. The molecule has 1 saturated heterocycles. The molecular weight excluding hydrogens is 296 g/mol. The number of carboxylic acid groups (broad SMARTS) is 1. The first-order valence-electron chi connectivity index (χ1n) is 6.27. The van der Waals surface area contributed by atoms with E-state index in [4.69, 9.17) is 9.52 Å². The zero-order valence-corrected chi connectivity index (χ0v) is 11.6. The molecule has 1 fully saturated rings. The van der Waals surface area contributed by atoms with Crippen LogP contribution in [0.5, 0.6) is 0 Å². The van der Waals surface area contributed by atoms with Crippen LogP contribution in [0.2, 0.25) is 0 Å². The van der Waals surface area contributed by atoms with E-state index < -0.39 is 24.0 Å². The molecule has 21 heavy (non-hydrogen) atoms. The Bertz CT molecular complexity index is 666. The summed E-state index contributed by atoms with van der Waals surface area (Å²) in [7, 11) is 0. The Morgan fingerprint density at radius 2 is 2.29 bits per heavy atom. The van der Waals surface area contributed by atoms with Crippen LogP contribution in [0.25, 0.3) is 10.8 Å². The van der Waals surface area contributed by atoms with Crippen LogP contribution in [-0.4, -0.2) is 50.7 Å². The van der Waals surface area contributed by atoms with E-state index in [-0.39, 0.29) is 18.7 Å². The number of β-amino-alcohol motifs (C(OH)–C–C–N with tert-alkyl or cyclic N) is 1. The second-order valence-electron chi connectivity index (χ2n) is 4.72. The van der Waals surface area contributed by atoms with Crippen molar-refractivity contribution in [2.75, 3.05) is 6.54 Å². The van der Waals surface area contributed by atoms with Gasteiger partial charge in [0.2, 0.25) is 0 Å². The van der Waals surface area contributed by atoms with E-state index >= 15 is 0 Å². The largest absolute Gasteiger partial charge is 0.480 e. The molecule has 8 heteroatoms. The van der Waals surface area contributed by atoms with Gasteiger partial charge in [0.05, 0.1) is 12.4 Å². The summed E-state index contributed by atoms with van der Waals surface area (Å²) in [6.45, 7) is 0.00338. The number of thiazole rings is 1. The summed E-state index contributed by atoms with van der Waals surface area (Å²) in [5.41, 5.74) is 0.159. The quantitative estimate of drug-likeness (QED) is 0.878. The van der Waals surface area contributed by atoms with Gasteiger partial charge in [-0.15, -0.1) is 11.3 Å². The van der Waals surface area contributed by atoms with Crippen molar-refractivity contribution in [3.63, 3.8) is 0 Å². The lowest BCUT2D eigenvalue weighted by molar-refractivity contribution is -0.141. The van der Waals surface area contributed by atoms with Crippen molar-refractivity contribution in [1.29, 1.82) is 0 Å². The minimum atomic E-state index is -1.12. The monoisotopic (exact) mass is 308 g/mol. The van der Waals surface area contributed by atoms with E-state index in [0.29, 0.717) is 10.8 Å². The fourth-order valence-electron chi connectivity index (χ4n) is 2.30. The molecule has 110 valence electrons. The summed E-state index contributed by atoms with van der Waals surface area (Å²) < 4.78 is 5.20. The van der Waals surface area contributed by atoms with Gasteiger partial charge in [0, 0.05) is 18.3 Å². The molecule has 3 heterocycles. The highest BCUT2D eigenvalue weighted by Crippen LogP contribution is 2.26. The molecule has 0 spiro atoms. The average Bonchev–Trinajstić information content (AvgIpc) is 3.17. The van der Waals surface area contributed by atoms with E-state index in [0.717, 1.165) is 4.90 Å². The van der Waals surface area contributed by atoms with E-state index in [9.17, 15) is 14.7 Å². The fraction of sp³-hybridized carbons (Fsp3) is 0.308. The molecule has 2 atom stereocenters. The smallest absolute Gasteiger partial charge is 0.326 e. The highest BCUT2D eigenvalue weighted by Gasteiger charge is 2.39. The molecule has 0 aromatic carbocycles. The van der Waals surface area contributed by atoms with Gasteiger partial charge in [-0.25, -0.2) is 9.78 Å². The molecule has 0 aliphatic carbocycles. The Kier molecular flexibility index (Phi) is 3.48. The van der Waals surface area contributed by atoms with Gasteiger partial charge in [0.25, 0.3) is 5.91 Å². The SMILES string of the molecule is O=C(O)[C@@H]1C[C@H](O)CN1C(=O)c1csc(-c2ccco2)n1. The standard InChI is InChI=1S/C13H12N2O5S/c16-7-4-9(13(18)19)15(5-7)12(17)8-6-21-11(14-8)10-2-1-3-20-10/h1-3,6-7,9,16H,4-5H2,(H,18,19)/t7-,9-/m0/s1. The number of aliphatic hydroxyl groups is 1. The first kappa shape index (κ1) is 13.8. The van der Waals surface area contributed by atoms with E-state index in [2.05, 4.69) is 4.98 Å². The lowest BCUT2D eigenvalue weighted by Crippen LogP contribution is -2.40. The van der Waals surface area contributed by atoms with E-state index in [1.807, 2.05) is 0 Å². The Hall–Kier alpha value is -2.19.